The molecule has 0 amide bonds. The number of hydrogen-bond donors (Lipinski definition) is 1. The van der Waals surface area contributed by atoms with Gasteiger partial charge in [0.05, 0.1) is 5.69 Å². The monoisotopic (exact) mass is 268 g/mol. The van der Waals surface area contributed by atoms with E-state index in [9.17, 15) is 0 Å². The molecule has 0 aliphatic carbocycles. The van der Waals surface area contributed by atoms with Crippen molar-refractivity contribution in [1.29, 1.82) is 0 Å². The number of thiazole rings is 1. The van der Waals surface area contributed by atoms with Crippen molar-refractivity contribution >= 4 is 16.5 Å². The first-order valence-electron chi connectivity index (χ1n) is 6.82. The molecule has 0 radical (unpaired) electrons. The quantitative estimate of drug-likeness (QED) is 0.824. The molecule has 0 atom stereocenters. The Labute approximate surface area is 114 Å². The third-order valence-electron chi connectivity index (χ3n) is 3.59. The van der Waals surface area contributed by atoms with Gasteiger partial charge in [0.25, 0.3) is 0 Å². The molecule has 5 heteroatoms. The molecule has 1 aromatic heterocycles. The molecule has 1 aliphatic heterocycles. The summed E-state index contributed by atoms with van der Waals surface area (Å²) in [5.41, 5.74) is 6.71. The summed E-state index contributed by atoms with van der Waals surface area (Å²) in [6.45, 7) is 10.8. The number of hydrogen-bond acceptors (Lipinski definition) is 5. The summed E-state index contributed by atoms with van der Waals surface area (Å²) < 4.78 is 0. The Morgan fingerprint density at radius 3 is 2.44 bits per heavy atom. The fourth-order valence-electron chi connectivity index (χ4n) is 2.23. The van der Waals surface area contributed by atoms with Crippen LogP contribution in [0.5, 0.6) is 0 Å². The maximum atomic E-state index is 5.53. The first kappa shape index (κ1) is 13.8. The second kappa shape index (κ2) is 6.50. The average molecular weight is 268 g/mol. The number of rotatable bonds is 5. The highest BCUT2D eigenvalue weighted by Gasteiger charge is 2.19. The van der Waals surface area contributed by atoms with E-state index >= 15 is 0 Å². The third kappa shape index (κ3) is 3.43. The number of piperazine rings is 1. The van der Waals surface area contributed by atoms with E-state index in [1.54, 1.807) is 0 Å². The second-order valence-corrected chi connectivity index (χ2v) is 6.14. The fourth-order valence-corrected chi connectivity index (χ4v) is 3.20. The Hall–Kier alpha value is -0.650. The molecule has 4 nitrogen and oxygen atoms in total. The molecule has 2 N–H and O–H groups in total. The van der Waals surface area contributed by atoms with Gasteiger partial charge in [-0.15, -0.1) is 11.3 Å². The van der Waals surface area contributed by atoms with E-state index in [0.29, 0.717) is 0 Å². The zero-order chi connectivity index (χ0) is 13.0. The van der Waals surface area contributed by atoms with E-state index in [1.165, 1.54) is 28.7 Å². The molecule has 2 heterocycles. The lowest BCUT2D eigenvalue weighted by atomic mass is 10.2. The summed E-state index contributed by atoms with van der Waals surface area (Å²) >= 11 is 1.82. The van der Waals surface area contributed by atoms with Crippen molar-refractivity contribution < 1.29 is 0 Å². The van der Waals surface area contributed by atoms with Crippen LogP contribution < -0.4 is 10.6 Å². The highest BCUT2D eigenvalue weighted by Crippen LogP contribution is 2.25. The molecule has 0 bridgehead atoms. The van der Waals surface area contributed by atoms with Gasteiger partial charge in [-0.1, -0.05) is 0 Å². The lowest BCUT2D eigenvalue weighted by Crippen LogP contribution is -2.46. The van der Waals surface area contributed by atoms with E-state index in [-0.39, 0.29) is 0 Å². The summed E-state index contributed by atoms with van der Waals surface area (Å²) in [7, 11) is 0. The Morgan fingerprint density at radius 2 is 1.89 bits per heavy atom. The van der Waals surface area contributed by atoms with Crippen molar-refractivity contribution in [3.8, 4) is 0 Å². The standard InChI is InChI=1S/C13H24N4S/c1-11-12(2)18-13(15-11)17-9-7-16(8-10-17)6-4-3-5-14/h3-10,14H2,1-2H3. The van der Waals surface area contributed by atoms with Crippen LogP contribution >= 0.6 is 11.3 Å². The second-order valence-electron chi connectivity index (χ2n) is 4.96. The molecule has 0 spiro atoms. The van der Waals surface area contributed by atoms with Gasteiger partial charge >= 0.3 is 0 Å². The summed E-state index contributed by atoms with van der Waals surface area (Å²) in [5.74, 6) is 0. The van der Waals surface area contributed by atoms with Gasteiger partial charge in [-0.25, -0.2) is 4.98 Å². The number of anilines is 1. The van der Waals surface area contributed by atoms with Crippen molar-refractivity contribution in [1.82, 2.24) is 9.88 Å². The molecule has 0 saturated carbocycles. The zero-order valence-corrected chi connectivity index (χ0v) is 12.3. The minimum absolute atomic E-state index is 0.817. The molecule has 1 saturated heterocycles. The number of aryl methyl sites for hydroxylation is 2. The smallest absolute Gasteiger partial charge is 0.185 e. The van der Waals surface area contributed by atoms with Gasteiger partial charge in [-0.2, -0.15) is 0 Å². The minimum atomic E-state index is 0.817. The maximum Gasteiger partial charge on any atom is 0.185 e. The van der Waals surface area contributed by atoms with E-state index in [1.807, 2.05) is 11.3 Å². The molecule has 1 fully saturated rings. The van der Waals surface area contributed by atoms with Gasteiger partial charge < -0.3 is 10.6 Å². The first-order valence-corrected chi connectivity index (χ1v) is 7.63. The molecule has 0 aromatic carbocycles. The molecular weight excluding hydrogens is 244 g/mol. The van der Waals surface area contributed by atoms with Crippen molar-refractivity contribution in [2.75, 3.05) is 44.2 Å². The van der Waals surface area contributed by atoms with Crippen LogP contribution in [0.25, 0.3) is 0 Å². The van der Waals surface area contributed by atoms with Crippen molar-refractivity contribution in [3.63, 3.8) is 0 Å². The van der Waals surface area contributed by atoms with Gasteiger partial charge in [0.15, 0.2) is 5.13 Å². The van der Waals surface area contributed by atoms with E-state index in [0.717, 1.165) is 39.1 Å². The fraction of sp³-hybridized carbons (Fsp3) is 0.769. The van der Waals surface area contributed by atoms with Crippen LogP contribution in [0.2, 0.25) is 0 Å². The minimum Gasteiger partial charge on any atom is -0.346 e. The zero-order valence-electron chi connectivity index (χ0n) is 11.5. The first-order chi connectivity index (χ1) is 8.70. The van der Waals surface area contributed by atoms with Crippen LogP contribution in [0, 0.1) is 13.8 Å². The van der Waals surface area contributed by atoms with Crippen LogP contribution in [-0.2, 0) is 0 Å². The van der Waals surface area contributed by atoms with Crippen molar-refractivity contribution in [2.24, 2.45) is 5.73 Å². The highest BCUT2D eigenvalue weighted by molar-refractivity contribution is 7.15. The summed E-state index contributed by atoms with van der Waals surface area (Å²) in [6.07, 6.45) is 2.37. The Balaban J connectivity index is 1.79. The van der Waals surface area contributed by atoms with Gasteiger partial charge in [-0.3, -0.25) is 4.90 Å². The van der Waals surface area contributed by atoms with Crippen LogP contribution in [0.4, 0.5) is 5.13 Å². The predicted molar refractivity (Wildman–Crippen MR) is 78.5 cm³/mol. The van der Waals surface area contributed by atoms with Crippen molar-refractivity contribution in [3.05, 3.63) is 10.6 Å². The largest absolute Gasteiger partial charge is 0.346 e. The SMILES string of the molecule is Cc1nc(N2CCN(CCCCN)CC2)sc1C. The Kier molecular flexibility index (Phi) is 4.97. The lowest BCUT2D eigenvalue weighted by molar-refractivity contribution is 0.253. The predicted octanol–water partition coefficient (Wildman–Crippen LogP) is 1.62. The normalized spacial score (nSPS) is 17.4. The Bertz CT molecular complexity index is 350. The average Bonchev–Trinajstić information content (AvgIpc) is 2.71. The third-order valence-corrected chi connectivity index (χ3v) is 4.72. The van der Waals surface area contributed by atoms with Gasteiger partial charge in [0.1, 0.15) is 0 Å². The number of nitrogens with zero attached hydrogens (tertiary/aromatic N) is 3. The van der Waals surface area contributed by atoms with Gasteiger partial charge in [0.2, 0.25) is 0 Å². The Morgan fingerprint density at radius 1 is 1.17 bits per heavy atom. The van der Waals surface area contributed by atoms with Gasteiger partial charge in [-0.05, 0) is 39.8 Å². The van der Waals surface area contributed by atoms with Crippen LogP contribution in [0.15, 0.2) is 0 Å². The molecule has 0 unspecified atom stereocenters. The van der Waals surface area contributed by atoms with E-state index in [4.69, 9.17) is 5.73 Å². The molecular formula is C13H24N4S. The van der Waals surface area contributed by atoms with E-state index < -0.39 is 0 Å². The topological polar surface area (TPSA) is 45.4 Å². The van der Waals surface area contributed by atoms with Crippen LogP contribution in [-0.4, -0.2) is 49.2 Å². The van der Waals surface area contributed by atoms with Crippen molar-refractivity contribution in [2.45, 2.75) is 26.7 Å². The summed E-state index contributed by atoms with van der Waals surface area (Å²) in [4.78, 5) is 10.9. The molecule has 2 rings (SSSR count). The summed E-state index contributed by atoms with van der Waals surface area (Å²) in [6, 6.07) is 0. The maximum absolute atomic E-state index is 5.53. The lowest BCUT2D eigenvalue weighted by Gasteiger charge is -2.34. The van der Waals surface area contributed by atoms with Gasteiger partial charge in [0, 0.05) is 31.1 Å². The molecule has 102 valence electrons. The molecule has 1 aromatic rings. The number of aromatic nitrogens is 1. The number of unbranched alkanes of at least 4 members (excludes halogenated alkanes) is 1. The van der Waals surface area contributed by atoms with Crippen LogP contribution in [0.3, 0.4) is 0 Å². The van der Waals surface area contributed by atoms with E-state index in [2.05, 4.69) is 28.6 Å². The van der Waals surface area contributed by atoms with Crippen LogP contribution in [0.1, 0.15) is 23.4 Å². The number of nitrogens with two attached hydrogens (primary N) is 1. The molecule has 1 aliphatic rings. The summed E-state index contributed by atoms with van der Waals surface area (Å²) in [5, 5.41) is 1.20. The highest BCUT2D eigenvalue weighted by atomic mass is 32.1. The molecule has 18 heavy (non-hydrogen) atoms.